The summed E-state index contributed by atoms with van der Waals surface area (Å²) >= 11 is 0. The number of aryl methyl sites for hydroxylation is 1. The van der Waals surface area contributed by atoms with Crippen LogP contribution >= 0.6 is 0 Å². The van der Waals surface area contributed by atoms with Gasteiger partial charge in [-0.25, -0.2) is 9.59 Å². The number of anilines is 2. The Kier molecular flexibility index (Phi) is 5.93. The molecule has 4 rings (SSSR count). The zero-order valence-electron chi connectivity index (χ0n) is 17.7. The van der Waals surface area contributed by atoms with E-state index >= 15 is 0 Å². The van der Waals surface area contributed by atoms with Crippen molar-refractivity contribution in [3.63, 3.8) is 0 Å². The molecule has 0 aliphatic carbocycles. The fraction of sp³-hybridized carbons (Fsp3) is 0.417. The van der Waals surface area contributed by atoms with Crippen molar-refractivity contribution in [1.82, 2.24) is 4.90 Å². The molecule has 6 nitrogen and oxygen atoms in total. The maximum absolute atomic E-state index is 13.3. The standard InChI is InChI=1S/C24H29N3O3/c1-17-8-3-4-9-19(17)21-10-7-15-27(21)24(29)25-20-16-18(23(28)30-2)11-12-22(20)26-13-5-6-14-26/h3-4,8-9,11-12,16,21H,5-7,10,13-15H2,1-2H3,(H,25,29). The summed E-state index contributed by atoms with van der Waals surface area (Å²) in [5.41, 5.74) is 4.47. The van der Waals surface area contributed by atoms with Crippen LogP contribution in [0.15, 0.2) is 42.5 Å². The number of rotatable bonds is 4. The molecular formula is C24H29N3O3. The molecule has 1 unspecified atom stereocenters. The Labute approximate surface area is 177 Å². The predicted octanol–water partition coefficient (Wildman–Crippen LogP) is 4.75. The van der Waals surface area contributed by atoms with Gasteiger partial charge in [0.15, 0.2) is 0 Å². The van der Waals surface area contributed by atoms with Gasteiger partial charge in [0.25, 0.3) is 0 Å². The Morgan fingerprint density at radius 2 is 1.80 bits per heavy atom. The lowest BCUT2D eigenvalue weighted by Crippen LogP contribution is -2.35. The number of amides is 2. The van der Waals surface area contributed by atoms with Crippen molar-refractivity contribution in [3.8, 4) is 0 Å². The maximum atomic E-state index is 13.3. The summed E-state index contributed by atoms with van der Waals surface area (Å²) in [5, 5.41) is 3.11. The van der Waals surface area contributed by atoms with E-state index in [4.69, 9.17) is 4.74 Å². The normalized spacial score (nSPS) is 18.5. The fourth-order valence-electron chi connectivity index (χ4n) is 4.60. The van der Waals surface area contributed by atoms with Crippen molar-refractivity contribution in [3.05, 3.63) is 59.2 Å². The maximum Gasteiger partial charge on any atom is 0.337 e. The number of urea groups is 1. The van der Waals surface area contributed by atoms with E-state index in [-0.39, 0.29) is 12.1 Å². The first-order chi connectivity index (χ1) is 14.6. The zero-order chi connectivity index (χ0) is 21.1. The number of nitrogens with zero attached hydrogens (tertiary/aromatic N) is 2. The summed E-state index contributed by atoms with van der Waals surface area (Å²) in [6.45, 7) is 4.72. The third-order valence-electron chi connectivity index (χ3n) is 6.17. The molecule has 0 spiro atoms. The van der Waals surface area contributed by atoms with Crippen LogP contribution in [-0.4, -0.2) is 43.6 Å². The number of methoxy groups -OCH3 is 1. The molecule has 6 heteroatoms. The molecule has 2 heterocycles. The SMILES string of the molecule is COC(=O)c1ccc(N2CCCC2)c(NC(=O)N2CCCC2c2ccccc2C)c1. The van der Waals surface area contributed by atoms with Crippen LogP contribution in [0.25, 0.3) is 0 Å². The summed E-state index contributed by atoms with van der Waals surface area (Å²) in [6, 6.07) is 13.6. The molecule has 2 aromatic rings. The number of hydrogen-bond acceptors (Lipinski definition) is 4. The van der Waals surface area contributed by atoms with Crippen LogP contribution in [0.3, 0.4) is 0 Å². The molecule has 2 aliphatic heterocycles. The highest BCUT2D eigenvalue weighted by atomic mass is 16.5. The molecule has 0 aromatic heterocycles. The van der Waals surface area contributed by atoms with E-state index in [0.717, 1.165) is 51.0 Å². The Morgan fingerprint density at radius 3 is 2.53 bits per heavy atom. The molecule has 2 saturated heterocycles. The Hall–Kier alpha value is -3.02. The lowest BCUT2D eigenvalue weighted by molar-refractivity contribution is 0.0600. The topological polar surface area (TPSA) is 61.9 Å². The first-order valence-electron chi connectivity index (χ1n) is 10.7. The van der Waals surface area contributed by atoms with Crippen molar-refractivity contribution in [2.75, 3.05) is 37.0 Å². The third-order valence-corrected chi connectivity index (χ3v) is 6.17. The van der Waals surface area contributed by atoms with Crippen molar-refractivity contribution in [2.24, 2.45) is 0 Å². The van der Waals surface area contributed by atoms with Gasteiger partial charge in [0.2, 0.25) is 0 Å². The first-order valence-corrected chi connectivity index (χ1v) is 10.7. The van der Waals surface area contributed by atoms with Gasteiger partial charge in [0.1, 0.15) is 0 Å². The Morgan fingerprint density at radius 1 is 1.03 bits per heavy atom. The monoisotopic (exact) mass is 407 g/mol. The molecule has 1 atom stereocenters. The zero-order valence-corrected chi connectivity index (χ0v) is 17.7. The van der Waals surface area contributed by atoms with E-state index < -0.39 is 5.97 Å². The first kappa shape index (κ1) is 20.3. The van der Waals surface area contributed by atoms with Crippen LogP contribution in [0, 0.1) is 6.92 Å². The van der Waals surface area contributed by atoms with Gasteiger partial charge in [0.05, 0.1) is 30.1 Å². The number of benzene rings is 2. The number of carbonyl (C=O) groups excluding carboxylic acids is 2. The molecule has 0 radical (unpaired) electrons. The summed E-state index contributed by atoms with van der Waals surface area (Å²) in [6.07, 6.45) is 4.20. The largest absolute Gasteiger partial charge is 0.465 e. The van der Waals surface area contributed by atoms with Crippen molar-refractivity contribution in [2.45, 2.75) is 38.6 Å². The van der Waals surface area contributed by atoms with Gasteiger partial charge in [-0.1, -0.05) is 24.3 Å². The third kappa shape index (κ3) is 3.99. The van der Waals surface area contributed by atoms with Gasteiger partial charge in [-0.05, 0) is 61.9 Å². The van der Waals surface area contributed by atoms with Crippen LogP contribution in [0.4, 0.5) is 16.2 Å². The molecule has 2 aliphatic rings. The highest BCUT2D eigenvalue weighted by Gasteiger charge is 2.31. The number of nitrogens with one attached hydrogen (secondary N) is 1. The van der Waals surface area contributed by atoms with E-state index in [1.165, 1.54) is 18.2 Å². The summed E-state index contributed by atoms with van der Waals surface area (Å²) < 4.78 is 4.87. The minimum Gasteiger partial charge on any atom is -0.465 e. The average Bonchev–Trinajstić information content (AvgIpc) is 3.45. The number of esters is 1. The summed E-state index contributed by atoms with van der Waals surface area (Å²) in [4.78, 5) is 29.5. The molecule has 158 valence electrons. The smallest absolute Gasteiger partial charge is 0.337 e. The van der Waals surface area contributed by atoms with E-state index in [1.54, 1.807) is 12.1 Å². The number of carbonyl (C=O) groups is 2. The van der Waals surface area contributed by atoms with Crippen molar-refractivity contribution in [1.29, 1.82) is 0 Å². The van der Waals surface area contributed by atoms with Crippen LogP contribution in [-0.2, 0) is 4.74 Å². The van der Waals surface area contributed by atoms with Crippen LogP contribution < -0.4 is 10.2 Å². The van der Waals surface area contributed by atoms with Gasteiger partial charge < -0.3 is 19.9 Å². The lowest BCUT2D eigenvalue weighted by atomic mass is 9.99. The van der Waals surface area contributed by atoms with Gasteiger partial charge >= 0.3 is 12.0 Å². The van der Waals surface area contributed by atoms with E-state index in [0.29, 0.717) is 11.3 Å². The van der Waals surface area contributed by atoms with Gasteiger partial charge in [-0.2, -0.15) is 0 Å². The highest BCUT2D eigenvalue weighted by Crippen LogP contribution is 2.35. The quantitative estimate of drug-likeness (QED) is 0.743. The average molecular weight is 408 g/mol. The summed E-state index contributed by atoms with van der Waals surface area (Å²) in [7, 11) is 1.37. The van der Waals surface area contributed by atoms with Gasteiger partial charge in [-0.15, -0.1) is 0 Å². The Bertz CT molecular complexity index is 937. The molecule has 0 bridgehead atoms. The van der Waals surface area contributed by atoms with Gasteiger partial charge in [-0.3, -0.25) is 0 Å². The molecule has 1 N–H and O–H groups in total. The molecular weight excluding hydrogens is 378 g/mol. The molecule has 2 fully saturated rings. The second kappa shape index (κ2) is 8.78. The highest BCUT2D eigenvalue weighted by molar-refractivity contribution is 5.97. The summed E-state index contributed by atoms with van der Waals surface area (Å²) in [5.74, 6) is -0.405. The number of ether oxygens (including phenoxy) is 1. The van der Waals surface area contributed by atoms with E-state index in [1.807, 2.05) is 23.1 Å². The number of hydrogen-bond donors (Lipinski definition) is 1. The molecule has 2 amide bonds. The predicted molar refractivity (Wildman–Crippen MR) is 118 cm³/mol. The minimum absolute atomic E-state index is 0.0743. The second-order valence-electron chi connectivity index (χ2n) is 8.06. The minimum atomic E-state index is -0.405. The molecule has 0 saturated carbocycles. The van der Waals surface area contributed by atoms with Crippen LogP contribution in [0.1, 0.15) is 53.2 Å². The van der Waals surface area contributed by atoms with Gasteiger partial charge in [0, 0.05) is 19.6 Å². The van der Waals surface area contributed by atoms with Crippen LogP contribution in [0.2, 0.25) is 0 Å². The molecule has 2 aromatic carbocycles. The van der Waals surface area contributed by atoms with Crippen molar-refractivity contribution < 1.29 is 14.3 Å². The lowest BCUT2D eigenvalue weighted by Gasteiger charge is -2.28. The Balaban J connectivity index is 1.61. The molecule has 30 heavy (non-hydrogen) atoms. The van der Waals surface area contributed by atoms with Crippen LogP contribution in [0.5, 0.6) is 0 Å². The second-order valence-corrected chi connectivity index (χ2v) is 8.06. The fourth-order valence-corrected chi connectivity index (χ4v) is 4.60. The van der Waals surface area contributed by atoms with Crippen molar-refractivity contribution >= 4 is 23.4 Å². The van der Waals surface area contributed by atoms with E-state index in [9.17, 15) is 9.59 Å². The number of likely N-dealkylation sites (tertiary alicyclic amines) is 1. The van der Waals surface area contributed by atoms with E-state index in [2.05, 4.69) is 29.3 Å².